The number of carbonyl (C=O) groups excluding carboxylic acids is 1. The van der Waals surface area contributed by atoms with E-state index in [0.29, 0.717) is 32.1 Å². The van der Waals surface area contributed by atoms with Crippen LogP contribution in [0.5, 0.6) is 11.5 Å². The van der Waals surface area contributed by atoms with Crippen LogP contribution in [0.4, 0.5) is 5.69 Å². The van der Waals surface area contributed by atoms with Crippen molar-refractivity contribution in [3.8, 4) is 11.5 Å². The van der Waals surface area contributed by atoms with Crippen LogP contribution >= 0.6 is 0 Å². The first-order valence-electron chi connectivity index (χ1n) is 17.5. The number of hydrogen-bond donors (Lipinski definition) is 0. The number of ether oxygens (including phenoxy) is 5. The Labute approximate surface area is 296 Å². The van der Waals surface area contributed by atoms with Crippen molar-refractivity contribution in [3.63, 3.8) is 0 Å². The molecule has 6 rings (SSSR count). The molecule has 3 aliphatic heterocycles. The third-order valence-corrected chi connectivity index (χ3v) is 11.7. The standard InChI is InChI=1S/C38H49N3O8S/c1-28-7-14-32(15-8-28)50(43,44)41-24-35(48-26-29-9-16-34-33(23-29)39(20-22-47-34)19-6-21-45-2)38(30-10-12-31(46-3)13-11-30)36(25-41)49-27-37(42)40-17-4-5-18-40/h7-16,23,35-36,38H,4-6,17-22,24-27H2,1-3H3/t35-,36+,38+/m0/s1. The Morgan fingerprint density at radius 1 is 0.900 bits per heavy atom. The van der Waals surface area contributed by atoms with Gasteiger partial charge in [0.25, 0.3) is 0 Å². The Morgan fingerprint density at radius 3 is 2.32 bits per heavy atom. The summed E-state index contributed by atoms with van der Waals surface area (Å²) in [5.41, 5.74) is 3.84. The average molecular weight is 708 g/mol. The van der Waals surface area contributed by atoms with Crippen LogP contribution in [0.2, 0.25) is 0 Å². The number of methoxy groups -OCH3 is 2. The van der Waals surface area contributed by atoms with Gasteiger partial charge in [0.05, 0.1) is 43.1 Å². The fourth-order valence-corrected chi connectivity index (χ4v) is 8.51. The van der Waals surface area contributed by atoms with Crippen LogP contribution in [-0.4, -0.2) is 109 Å². The number of benzene rings is 3. The van der Waals surface area contributed by atoms with E-state index in [0.717, 1.165) is 60.5 Å². The van der Waals surface area contributed by atoms with E-state index in [4.69, 9.17) is 23.7 Å². The molecule has 2 fully saturated rings. The van der Waals surface area contributed by atoms with Crippen LogP contribution in [0.25, 0.3) is 0 Å². The normalized spacial score (nSPS) is 21.1. The molecular weight excluding hydrogens is 658 g/mol. The van der Waals surface area contributed by atoms with Gasteiger partial charge in [-0.3, -0.25) is 4.79 Å². The van der Waals surface area contributed by atoms with Crippen molar-refractivity contribution < 1.29 is 36.9 Å². The molecule has 270 valence electrons. The zero-order chi connectivity index (χ0) is 35.1. The molecule has 2 saturated heterocycles. The molecular formula is C38H49N3O8S. The fraction of sp³-hybridized carbons (Fsp3) is 0.500. The molecule has 1 amide bonds. The summed E-state index contributed by atoms with van der Waals surface area (Å²) in [6.45, 7) is 6.58. The second-order valence-corrected chi connectivity index (χ2v) is 15.1. The van der Waals surface area contributed by atoms with Gasteiger partial charge in [-0.2, -0.15) is 4.31 Å². The highest BCUT2D eigenvalue weighted by molar-refractivity contribution is 7.89. The van der Waals surface area contributed by atoms with E-state index in [2.05, 4.69) is 11.0 Å². The Morgan fingerprint density at radius 2 is 1.62 bits per heavy atom. The smallest absolute Gasteiger partial charge is 0.248 e. The van der Waals surface area contributed by atoms with Gasteiger partial charge in [0.2, 0.25) is 15.9 Å². The maximum atomic E-state index is 14.1. The van der Waals surface area contributed by atoms with Crippen LogP contribution in [0, 0.1) is 6.92 Å². The maximum absolute atomic E-state index is 14.1. The van der Waals surface area contributed by atoms with Crippen LogP contribution < -0.4 is 14.4 Å². The predicted octanol–water partition coefficient (Wildman–Crippen LogP) is 4.62. The Bertz CT molecular complexity index is 1680. The summed E-state index contributed by atoms with van der Waals surface area (Å²) in [7, 11) is -0.576. The van der Waals surface area contributed by atoms with Crippen molar-refractivity contribution in [2.24, 2.45) is 0 Å². The molecule has 50 heavy (non-hydrogen) atoms. The number of amides is 1. The van der Waals surface area contributed by atoms with E-state index in [1.807, 2.05) is 48.2 Å². The van der Waals surface area contributed by atoms with Gasteiger partial charge in [-0.25, -0.2) is 8.42 Å². The number of likely N-dealkylation sites (tertiary alicyclic amines) is 1. The Kier molecular flexibility index (Phi) is 12.0. The molecule has 0 aromatic heterocycles. The number of rotatable bonds is 14. The number of anilines is 1. The SMILES string of the molecule is COCCCN1CCOc2ccc(CO[C@H]3CN(S(=O)(=O)c4ccc(C)cc4)C[C@@H](OCC(=O)N4CCCC4)[C@@H]3c3ccc(OC)cc3)cc21. The average Bonchev–Trinajstić information content (AvgIpc) is 3.69. The first-order chi connectivity index (χ1) is 24.3. The van der Waals surface area contributed by atoms with Gasteiger partial charge in [0, 0.05) is 52.4 Å². The van der Waals surface area contributed by atoms with E-state index < -0.39 is 22.2 Å². The molecule has 11 nitrogen and oxygen atoms in total. The summed E-state index contributed by atoms with van der Waals surface area (Å²) in [5, 5.41) is 0. The summed E-state index contributed by atoms with van der Waals surface area (Å²) >= 11 is 0. The van der Waals surface area contributed by atoms with Crippen LogP contribution in [-0.2, 0) is 35.6 Å². The molecule has 0 unspecified atom stereocenters. The van der Waals surface area contributed by atoms with Crippen molar-refractivity contribution in [2.75, 3.05) is 78.2 Å². The van der Waals surface area contributed by atoms with Crippen molar-refractivity contribution in [2.45, 2.75) is 55.8 Å². The first-order valence-corrected chi connectivity index (χ1v) is 18.9. The van der Waals surface area contributed by atoms with Gasteiger partial charge in [0.1, 0.15) is 24.7 Å². The van der Waals surface area contributed by atoms with Gasteiger partial charge in [-0.15, -0.1) is 0 Å². The molecule has 0 N–H and O–H groups in total. The zero-order valence-corrected chi connectivity index (χ0v) is 30.1. The van der Waals surface area contributed by atoms with Gasteiger partial charge in [-0.05, 0) is 73.7 Å². The summed E-state index contributed by atoms with van der Waals surface area (Å²) in [4.78, 5) is 17.5. The topological polar surface area (TPSA) is 107 Å². The molecule has 12 heteroatoms. The molecule has 0 spiro atoms. The molecule has 3 atom stereocenters. The number of nitrogens with zero attached hydrogens (tertiary/aromatic N) is 3. The van der Waals surface area contributed by atoms with Crippen molar-refractivity contribution in [1.29, 1.82) is 0 Å². The largest absolute Gasteiger partial charge is 0.497 e. The van der Waals surface area contributed by atoms with E-state index in [1.165, 1.54) is 4.31 Å². The van der Waals surface area contributed by atoms with Gasteiger partial charge in [-0.1, -0.05) is 35.9 Å². The van der Waals surface area contributed by atoms with E-state index >= 15 is 0 Å². The lowest BCUT2D eigenvalue weighted by atomic mass is 9.85. The number of carbonyl (C=O) groups is 1. The van der Waals surface area contributed by atoms with Crippen molar-refractivity contribution in [3.05, 3.63) is 83.4 Å². The quantitative estimate of drug-likeness (QED) is 0.222. The van der Waals surface area contributed by atoms with Crippen molar-refractivity contribution >= 4 is 21.6 Å². The highest BCUT2D eigenvalue weighted by Gasteiger charge is 2.44. The summed E-state index contributed by atoms with van der Waals surface area (Å²) in [6, 6.07) is 20.6. The number of hydrogen-bond acceptors (Lipinski definition) is 9. The zero-order valence-electron chi connectivity index (χ0n) is 29.3. The molecule has 3 aromatic rings. The molecule has 3 heterocycles. The maximum Gasteiger partial charge on any atom is 0.248 e. The molecule has 0 saturated carbocycles. The second-order valence-electron chi connectivity index (χ2n) is 13.2. The molecule has 3 aromatic carbocycles. The minimum Gasteiger partial charge on any atom is -0.497 e. The highest BCUT2D eigenvalue weighted by Crippen LogP contribution is 2.38. The number of aryl methyl sites for hydroxylation is 1. The first kappa shape index (κ1) is 36.1. The van der Waals surface area contributed by atoms with E-state index in [1.54, 1.807) is 38.5 Å². The second kappa shape index (κ2) is 16.6. The van der Waals surface area contributed by atoms with Crippen LogP contribution in [0.3, 0.4) is 0 Å². The highest BCUT2D eigenvalue weighted by atomic mass is 32.2. The molecule has 3 aliphatic rings. The monoisotopic (exact) mass is 707 g/mol. The summed E-state index contributed by atoms with van der Waals surface area (Å²) in [6.07, 6.45) is 1.61. The summed E-state index contributed by atoms with van der Waals surface area (Å²) in [5.74, 6) is 1.10. The van der Waals surface area contributed by atoms with E-state index in [9.17, 15) is 13.2 Å². The molecule has 0 bridgehead atoms. The number of fused-ring (bicyclic) bond motifs is 1. The van der Waals surface area contributed by atoms with Crippen molar-refractivity contribution in [1.82, 2.24) is 9.21 Å². The predicted molar refractivity (Wildman–Crippen MR) is 190 cm³/mol. The van der Waals surface area contributed by atoms with E-state index in [-0.39, 0.29) is 43.0 Å². The van der Waals surface area contributed by atoms with Gasteiger partial charge < -0.3 is 33.5 Å². The minimum absolute atomic E-state index is 0.0761. The number of sulfonamides is 1. The summed E-state index contributed by atoms with van der Waals surface area (Å²) < 4.78 is 59.6. The molecule has 0 radical (unpaired) electrons. The van der Waals surface area contributed by atoms with Gasteiger partial charge in [0.15, 0.2) is 0 Å². The minimum atomic E-state index is -3.90. The Hall–Kier alpha value is -3.68. The molecule has 0 aliphatic carbocycles. The fourth-order valence-electron chi connectivity index (χ4n) is 7.05. The number of piperidine rings is 1. The van der Waals surface area contributed by atoms with Crippen LogP contribution in [0.15, 0.2) is 71.6 Å². The Balaban J connectivity index is 1.30. The third kappa shape index (κ3) is 8.43. The van der Waals surface area contributed by atoms with Gasteiger partial charge >= 0.3 is 0 Å². The lowest BCUT2D eigenvalue weighted by molar-refractivity contribution is -0.141. The lowest BCUT2D eigenvalue weighted by Gasteiger charge is -2.43. The van der Waals surface area contributed by atoms with Crippen LogP contribution in [0.1, 0.15) is 41.9 Å². The lowest BCUT2D eigenvalue weighted by Crippen LogP contribution is -2.54. The third-order valence-electron chi connectivity index (χ3n) is 9.83.